The van der Waals surface area contributed by atoms with Crippen LogP contribution in [0.2, 0.25) is 36.3 Å². The molecule has 2 aromatic carbocycles. The first-order valence-electron chi connectivity index (χ1n) is 25.0. The summed E-state index contributed by atoms with van der Waals surface area (Å²) in [5.41, 5.74) is 0.379. The third-order valence-electron chi connectivity index (χ3n) is 15.0. The molecule has 0 radical (unpaired) electrons. The van der Waals surface area contributed by atoms with Crippen molar-refractivity contribution in [3.8, 4) is 0 Å². The molecule has 2 fully saturated rings. The monoisotopic (exact) mass is 1020 g/mol. The largest absolute Gasteiger partial charge is 0.456 e. The van der Waals surface area contributed by atoms with E-state index in [9.17, 15) is 33.9 Å². The van der Waals surface area contributed by atoms with Crippen molar-refractivity contribution in [2.45, 2.75) is 198 Å². The zero-order valence-corrected chi connectivity index (χ0v) is 45.8. The van der Waals surface area contributed by atoms with Crippen molar-refractivity contribution in [3.63, 3.8) is 0 Å². The number of carbonyl (C=O) groups excluding carboxylic acids is 6. The molecule has 0 bridgehead atoms. The van der Waals surface area contributed by atoms with Crippen LogP contribution in [0, 0.1) is 0 Å². The van der Waals surface area contributed by atoms with Crippen LogP contribution in [0.15, 0.2) is 48.5 Å². The van der Waals surface area contributed by atoms with Crippen LogP contribution in [0.1, 0.15) is 142 Å². The predicted octanol–water partition coefficient (Wildman–Crippen LogP) is 7.80. The van der Waals surface area contributed by atoms with E-state index in [-0.39, 0.29) is 52.2 Å². The summed E-state index contributed by atoms with van der Waals surface area (Å²) in [5, 5.41) is 12.5. The van der Waals surface area contributed by atoms with E-state index in [2.05, 4.69) is 27.7 Å². The van der Waals surface area contributed by atoms with Gasteiger partial charge in [0.05, 0.1) is 35.5 Å². The van der Waals surface area contributed by atoms with Gasteiger partial charge in [-0.2, -0.15) is 0 Å². The minimum Gasteiger partial charge on any atom is -0.456 e. The number of aliphatic hydroxyl groups excluding tert-OH is 1. The first-order chi connectivity index (χ1) is 33.2. The number of ether oxygens (including phenoxy) is 6. The number of fused-ring (bicyclic) bond motifs is 2. The van der Waals surface area contributed by atoms with Crippen LogP contribution >= 0.6 is 0 Å². The van der Waals surface area contributed by atoms with Crippen molar-refractivity contribution in [1.82, 2.24) is 9.80 Å². The van der Waals surface area contributed by atoms with Gasteiger partial charge in [-0.05, 0) is 67.0 Å². The Kier molecular flexibility index (Phi) is 17.8. The molecule has 0 aliphatic carbocycles. The minimum atomic E-state index is -2.59. The summed E-state index contributed by atoms with van der Waals surface area (Å²) in [6.45, 7) is 24.7. The fourth-order valence-electron chi connectivity index (χ4n) is 8.90. The van der Waals surface area contributed by atoms with Gasteiger partial charge in [-0.1, -0.05) is 105 Å². The number of unbranched alkanes of at least 4 members (excludes halogenated alkanes) is 5. The van der Waals surface area contributed by atoms with Crippen molar-refractivity contribution in [3.05, 3.63) is 70.8 Å². The second-order valence-electron chi connectivity index (χ2n) is 22.1. The van der Waals surface area contributed by atoms with Gasteiger partial charge in [-0.25, -0.2) is 0 Å². The lowest BCUT2D eigenvalue weighted by atomic mass is 9.93. The first-order valence-corrected chi connectivity index (χ1v) is 30.9. The van der Waals surface area contributed by atoms with Gasteiger partial charge in [0.1, 0.15) is 36.5 Å². The summed E-state index contributed by atoms with van der Waals surface area (Å²) in [4.78, 5) is 86.0. The van der Waals surface area contributed by atoms with E-state index in [1.165, 1.54) is 31.2 Å². The fraction of sp³-hybridized carbons (Fsp3) is 0.654. The second-order valence-corrected chi connectivity index (χ2v) is 31.8. The van der Waals surface area contributed by atoms with Gasteiger partial charge in [-0.15, -0.1) is 0 Å². The third-order valence-corrected chi connectivity index (χ3v) is 24.0. The van der Waals surface area contributed by atoms with Crippen LogP contribution in [0.5, 0.6) is 0 Å². The molecule has 10 atom stereocenters. The number of hydrogen-bond acceptors (Lipinski definition) is 15. The Balaban J connectivity index is 1.49. The molecule has 6 rings (SSSR count). The minimum absolute atomic E-state index is 0.0583. The molecule has 17 nitrogen and oxygen atoms in total. The smallest absolute Gasteiger partial charge is 0.303 e. The van der Waals surface area contributed by atoms with Crippen LogP contribution < -0.4 is 0 Å². The quantitative estimate of drug-likeness (QED) is 0.0582. The van der Waals surface area contributed by atoms with Crippen molar-refractivity contribution in [2.75, 3.05) is 19.8 Å². The van der Waals surface area contributed by atoms with Crippen molar-refractivity contribution in [1.29, 1.82) is 0 Å². The van der Waals surface area contributed by atoms with E-state index in [4.69, 9.17) is 37.3 Å². The average molecular weight is 1030 g/mol. The Morgan fingerprint density at radius 2 is 0.986 bits per heavy atom. The van der Waals surface area contributed by atoms with E-state index >= 15 is 0 Å². The van der Waals surface area contributed by atoms with Gasteiger partial charge in [0, 0.05) is 20.5 Å². The number of nitrogens with zero attached hydrogens (tertiary/aromatic N) is 2. The van der Waals surface area contributed by atoms with Gasteiger partial charge in [0.25, 0.3) is 23.6 Å². The Hall–Kier alpha value is -4.19. The number of imide groups is 2. The number of aliphatic hydroxyl groups is 1. The molecular weight excluding hydrogens is 949 g/mol. The topological polar surface area (TPSA) is 203 Å². The van der Waals surface area contributed by atoms with E-state index in [0.29, 0.717) is 6.42 Å². The van der Waals surface area contributed by atoms with Crippen molar-refractivity contribution < 1.29 is 71.1 Å². The molecule has 0 spiro atoms. The van der Waals surface area contributed by atoms with E-state index in [1.807, 2.05) is 47.0 Å². The molecule has 4 aliphatic heterocycles. The Morgan fingerprint density at radius 1 is 0.592 bits per heavy atom. The van der Waals surface area contributed by atoms with E-state index in [0.717, 1.165) is 48.8 Å². The Morgan fingerprint density at radius 3 is 1.42 bits per heavy atom. The van der Waals surface area contributed by atoms with Gasteiger partial charge < -0.3 is 42.4 Å². The number of rotatable bonds is 20. The number of hydrogen-bond donors (Lipinski definition) is 1. The maximum absolute atomic E-state index is 14.6. The van der Waals surface area contributed by atoms with Crippen molar-refractivity contribution >= 4 is 52.2 Å². The standard InChI is InChI=1S/C52H76N2O15Si2/c1-14-15-16-17-18-23-28-62-49-39(53-45(58)33-24-19-20-25-34(33)46(53)59)41(57)42(37(67-49)29-63-70(10,11)51(4,5)6)69-50-40(54-47(60)35-26-21-22-27-36(35)48(54)61)44(66-32(3)56)43(65-31(2)55)38(68-50)30-64-71(12,13)52(7,8)9/h19-22,24-27,37-44,49-50,57H,14-18,23,28-30H2,1-13H3/t37-,38-,39-,40-,41-,42-,43-,44-,49-,50+/m1/s1. The van der Waals surface area contributed by atoms with Crippen LogP contribution in [-0.4, -0.2) is 148 Å². The average Bonchev–Trinajstić information content (AvgIpc) is 3.68. The van der Waals surface area contributed by atoms with Crippen LogP contribution in [-0.2, 0) is 46.9 Å². The van der Waals surface area contributed by atoms with Crippen LogP contribution in [0.4, 0.5) is 0 Å². The van der Waals surface area contributed by atoms with Crippen molar-refractivity contribution in [2.24, 2.45) is 0 Å². The molecule has 4 aliphatic rings. The zero-order valence-electron chi connectivity index (χ0n) is 43.8. The van der Waals surface area contributed by atoms with Gasteiger partial charge in [0.15, 0.2) is 41.4 Å². The summed E-state index contributed by atoms with van der Waals surface area (Å²) in [5.74, 6) is -4.51. The molecule has 4 heterocycles. The Bertz CT molecular complexity index is 2210. The Labute approximate surface area is 420 Å². The first kappa shape index (κ1) is 56.1. The molecule has 0 unspecified atom stereocenters. The SMILES string of the molecule is CCCCCCCCO[C@@H]1O[C@H](CO[Si](C)(C)C(C)(C)C)[C@@H](O[C@@H]2O[C@H](CO[Si](C)(C)C(C)(C)C)[C@@H](OC(C)=O)[C@H](OC(C)=O)[C@H]2N2C(=O)c3ccccc3C2=O)[C@H](O)[C@H]1N1C(=O)c2ccccc2C1=O. The summed E-state index contributed by atoms with van der Waals surface area (Å²) in [6.07, 6.45) is -6.30. The lowest BCUT2D eigenvalue weighted by Gasteiger charge is -2.51. The molecule has 4 amide bonds. The van der Waals surface area contributed by atoms with Gasteiger partial charge in [-0.3, -0.25) is 38.6 Å². The normalized spacial score (nSPS) is 27.2. The summed E-state index contributed by atoms with van der Waals surface area (Å²) in [6, 6.07) is 9.35. The predicted molar refractivity (Wildman–Crippen MR) is 266 cm³/mol. The highest BCUT2D eigenvalue weighted by molar-refractivity contribution is 6.74. The molecule has 0 aromatic heterocycles. The highest BCUT2D eigenvalue weighted by Crippen LogP contribution is 2.43. The molecule has 19 heteroatoms. The lowest BCUT2D eigenvalue weighted by molar-refractivity contribution is -0.340. The third kappa shape index (κ3) is 12.1. The van der Waals surface area contributed by atoms with Gasteiger partial charge in [0.2, 0.25) is 0 Å². The summed E-state index contributed by atoms with van der Waals surface area (Å²) >= 11 is 0. The molecule has 392 valence electrons. The molecule has 2 saturated heterocycles. The fourth-order valence-corrected chi connectivity index (χ4v) is 10.9. The lowest BCUT2D eigenvalue weighted by Crippen LogP contribution is -2.71. The number of benzene rings is 2. The number of amides is 4. The zero-order chi connectivity index (χ0) is 52.4. The highest BCUT2D eigenvalue weighted by atomic mass is 28.4. The van der Waals surface area contributed by atoms with Gasteiger partial charge >= 0.3 is 11.9 Å². The molecule has 1 N–H and O–H groups in total. The number of carbonyl (C=O) groups is 6. The van der Waals surface area contributed by atoms with E-state index < -0.39 is 113 Å². The summed E-state index contributed by atoms with van der Waals surface area (Å²) in [7, 11) is -5.18. The maximum Gasteiger partial charge on any atom is 0.303 e. The van der Waals surface area contributed by atoms with Crippen LogP contribution in [0.25, 0.3) is 0 Å². The van der Waals surface area contributed by atoms with E-state index in [1.54, 1.807) is 24.3 Å². The molecule has 71 heavy (non-hydrogen) atoms. The highest BCUT2D eigenvalue weighted by Gasteiger charge is 2.61. The number of esters is 2. The van der Waals surface area contributed by atoms with Crippen LogP contribution in [0.3, 0.4) is 0 Å². The molecule has 0 saturated carbocycles. The molecular formula is C52H76N2O15Si2. The maximum atomic E-state index is 14.6. The molecule has 2 aromatic rings. The second kappa shape index (κ2) is 22.5. The summed E-state index contributed by atoms with van der Waals surface area (Å²) < 4.78 is 52.5.